The Kier molecular flexibility index (Phi) is 2.87. The lowest BCUT2D eigenvalue weighted by atomic mass is 10.1. The molecule has 1 aliphatic rings. The Morgan fingerprint density at radius 1 is 1.50 bits per heavy atom. The number of anilines is 1. The summed E-state index contributed by atoms with van der Waals surface area (Å²) in [5, 5.41) is 0. The van der Waals surface area contributed by atoms with Crippen molar-refractivity contribution in [3.8, 4) is 0 Å². The second kappa shape index (κ2) is 4.17. The summed E-state index contributed by atoms with van der Waals surface area (Å²) in [4.78, 5) is 22.0. The summed E-state index contributed by atoms with van der Waals surface area (Å²) in [6.07, 6.45) is 0.526. The molecule has 1 aromatic heterocycles. The topological polar surface area (TPSA) is 72.1 Å². The van der Waals surface area contributed by atoms with E-state index in [2.05, 4.69) is 9.97 Å². The van der Waals surface area contributed by atoms with E-state index < -0.39 is 0 Å². The van der Waals surface area contributed by atoms with Crippen LogP contribution in [0.15, 0.2) is 6.07 Å². The molecule has 1 fully saturated rings. The summed E-state index contributed by atoms with van der Waals surface area (Å²) in [7, 11) is 0. The van der Waals surface area contributed by atoms with Crippen molar-refractivity contribution in [1.29, 1.82) is 0 Å². The maximum atomic E-state index is 11.8. The fourth-order valence-corrected chi connectivity index (χ4v) is 2.00. The normalized spacial score (nSPS) is 20.6. The third-order valence-corrected chi connectivity index (χ3v) is 2.77. The van der Waals surface area contributed by atoms with Gasteiger partial charge in [-0.2, -0.15) is 0 Å². The molecule has 2 rings (SSSR count). The first kappa shape index (κ1) is 11.0. The van der Waals surface area contributed by atoms with Gasteiger partial charge in [-0.3, -0.25) is 9.69 Å². The van der Waals surface area contributed by atoms with Gasteiger partial charge in [-0.25, -0.2) is 9.97 Å². The van der Waals surface area contributed by atoms with Crippen LogP contribution in [-0.4, -0.2) is 29.0 Å². The molecule has 5 nitrogen and oxygen atoms in total. The van der Waals surface area contributed by atoms with Crippen molar-refractivity contribution in [1.82, 2.24) is 9.97 Å². The fraction of sp³-hybridized carbons (Fsp3) is 0.545. The molecule has 86 valence electrons. The van der Waals surface area contributed by atoms with Gasteiger partial charge in [0.05, 0.1) is 0 Å². The third kappa shape index (κ3) is 2.04. The Labute approximate surface area is 94.7 Å². The van der Waals surface area contributed by atoms with Gasteiger partial charge in [0.2, 0.25) is 5.91 Å². The zero-order valence-electron chi connectivity index (χ0n) is 9.60. The Hall–Kier alpha value is -1.49. The number of rotatable bonds is 2. The summed E-state index contributed by atoms with van der Waals surface area (Å²) in [6.45, 7) is 4.95. The Balaban J connectivity index is 2.27. The molecule has 0 bridgehead atoms. The molecule has 5 heteroatoms. The number of aromatic nitrogens is 2. The number of nitrogens with zero attached hydrogens (tertiary/aromatic N) is 3. The first-order valence-electron chi connectivity index (χ1n) is 5.43. The van der Waals surface area contributed by atoms with Crippen molar-refractivity contribution >= 4 is 11.7 Å². The third-order valence-electron chi connectivity index (χ3n) is 2.77. The molecule has 0 aliphatic carbocycles. The first-order chi connectivity index (χ1) is 7.60. The molecule has 0 spiro atoms. The van der Waals surface area contributed by atoms with Gasteiger partial charge >= 0.3 is 0 Å². The monoisotopic (exact) mass is 220 g/mol. The van der Waals surface area contributed by atoms with Crippen molar-refractivity contribution in [2.75, 3.05) is 18.0 Å². The number of aryl methyl sites for hydroxylation is 2. The quantitative estimate of drug-likeness (QED) is 0.783. The summed E-state index contributed by atoms with van der Waals surface area (Å²) in [5.74, 6) is 1.75. The van der Waals surface area contributed by atoms with Crippen LogP contribution >= 0.6 is 0 Å². The number of hydrogen-bond donors (Lipinski definition) is 1. The van der Waals surface area contributed by atoms with E-state index in [4.69, 9.17) is 5.73 Å². The van der Waals surface area contributed by atoms with Gasteiger partial charge in [0.1, 0.15) is 11.6 Å². The van der Waals surface area contributed by atoms with Gasteiger partial charge in [0, 0.05) is 24.7 Å². The molecule has 2 heterocycles. The molecule has 1 unspecified atom stereocenters. The van der Waals surface area contributed by atoms with Crippen LogP contribution in [0.2, 0.25) is 0 Å². The van der Waals surface area contributed by atoms with E-state index >= 15 is 0 Å². The molecule has 1 amide bonds. The number of carbonyl (C=O) groups excluding carboxylic acids is 1. The standard InChI is InChI=1S/C11H16N4O/c1-7-3-10(14-8(2)13-7)15-6-9(5-12)4-11(15)16/h3,9H,4-6,12H2,1-2H3. The smallest absolute Gasteiger partial charge is 0.228 e. The van der Waals surface area contributed by atoms with Crippen LogP contribution in [-0.2, 0) is 4.79 Å². The van der Waals surface area contributed by atoms with E-state index in [1.807, 2.05) is 19.9 Å². The minimum Gasteiger partial charge on any atom is -0.330 e. The molecule has 0 saturated carbocycles. The zero-order chi connectivity index (χ0) is 11.7. The van der Waals surface area contributed by atoms with Gasteiger partial charge in [-0.15, -0.1) is 0 Å². The molecule has 1 aliphatic heterocycles. The predicted octanol–water partition coefficient (Wildman–Crippen LogP) is 0.405. The Morgan fingerprint density at radius 3 is 2.81 bits per heavy atom. The van der Waals surface area contributed by atoms with Gasteiger partial charge in [-0.1, -0.05) is 0 Å². The highest BCUT2D eigenvalue weighted by atomic mass is 16.2. The predicted molar refractivity (Wildman–Crippen MR) is 61.0 cm³/mol. The maximum Gasteiger partial charge on any atom is 0.228 e. The second-order valence-electron chi connectivity index (χ2n) is 4.22. The van der Waals surface area contributed by atoms with Crippen LogP contribution in [0, 0.1) is 19.8 Å². The van der Waals surface area contributed by atoms with Crippen LogP contribution < -0.4 is 10.6 Å². The number of amides is 1. The molecular formula is C11H16N4O. The lowest BCUT2D eigenvalue weighted by Gasteiger charge is -2.16. The minimum atomic E-state index is 0.105. The van der Waals surface area contributed by atoms with Crippen LogP contribution in [0.1, 0.15) is 17.9 Å². The number of carbonyl (C=O) groups is 1. The van der Waals surface area contributed by atoms with Gasteiger partial charge in [0.25, 0.3) is 0 Å². The fourth-order valence-electron chi connectivity index (χ4n) is 2.00. The van der Waals surface area contributed by atoms with Crippen molar-refractivity contribution < 1.29 is 4.79 Å². The highest BCUT2D eigenvalue weighted by Gasteiger charge is 2.30. The number of nitrogens with two attached hydrogens (primary N) is 1. The van der Waals surface area contributed by atoms with Gasteiger partial charge in [0.15, 0.2) is 0 Å². The highest BCUT2D eigenvalue weighted by molar-refractivity contribution is 5.94. The molecule has 1 saturated heterocycles. The molecule has 1 aromatic rings. The van der Waals surface area contributed by atoms with Crippen molar-refractivity contribution in [3.05, 3.63) is 17.6 Å². The zero-order valence-corrected chi connectivity index (χ0v) is 9.60. The van der Waals surface area contributed by atoms with Crippen molar-refractivity contribution in [3.63, 3.8) is 0 Å². The summed E-state index contributed by atoms with van der Waals surface area (Å²) in [5.41, 5.74) is 6.47. The first-order valence-corrected chi connectivity index (χ1v) is 5.43. The average Bonchev–Trinajstić information content (AvgIpc) is 2.58. The largest absolute Gasteiger partial charge is 0.330 e. The SMILES string of the molecule is Cc1cc(N2CC(CN)CC2=O)nc(C)n1. The molecule has 16 heavy (non-hydrogen) atoms. The van der Waals surface area contributed by atoms with E-state index in [0.29, 0.717) is 31.2 Å². The molecule has 0 aromatic carbocycles. The van der Waals surface area contributed by atoms with Crippen LogP contribution in [0.4, 0.5) is 5.82 Å². The van der Waals surface area contributed by atoms with E-state index in [1.165, 1.54) is 0 Å². The van der Waals surface area contributed by atoms with Crippen LogP contribution in [0.3, 0.4) is 0 Å². The van der Waals surface area contributed by atoms with Gasteiger partial charge < -0.3 is 5.73 Å². The lowest BCUT2D eigenvalue weighted by Crippen LogP contribution is -2.27. The van der Waals surface area contributed by atoms with Gasteiger partial charge in [-0.05, 0) is 26.3 Å². The van der Waals surface area contributed by atoms with Crippen LogP contribution in [0.25, 0.3) is 0 Å². The molecule has 1 atom stereocenters. The molecular weight excluding hydrogens is 204 g/mol. The van der Waals surface area contributed by atoms with Crippen molar-refractivity contribution in [2.24, 2.45) is 11.7 Å². The average molecular weight is 220 g/mol. The van der Waals surface area contributed by atoms with E-state index in [-0.39, 0.29) is 11.8 Å². The summed E-state index contributed by atoms with van der Waals surface area (Å²) < 4.78 is 0. The maximum absolute atomic E-state index is 11.8. The molecule has 0 radical (unpaired) electrons. The summed E-state index contributed by atoms with van der Waals surface area (Å²) in [6, 6.07) is 1.84. The van der Waals surface area contributed by atoms with Crippen LogP contribution in [0.5, 0.6) is 0 Å². The van der Waals surface area contributed by atoms with E-state index in [1.54, 1.807) is 4.90 Å². The Morgan fingerprint density at radius 2 is 2.25 bits per heavy atom. The van der Waals surface area contributed by atoms with Crippen molar-refractivity contribution in [2.45, 2.75) is 20.3 Å². The summed E-state index contributed by atoms with van der Waals surface area (Å²) >= 11 is 0. The highest BCUT2D eigenvalue weighted by Crippen LogP contribution is 2.23. The van der Waals surface area contributed by atoms with E-state index in [0.717, 1.165) is 5.69 Å². The Bertz CT molecular complexity index is 398. The second-order valence-corrected chi connectivity index (χ2v) is 4.22. The molecule has 2 N–H and O–H groups in total. The minimum absolute atomic E-state index is 0.105. The lowest BCUT2D eigenvalue weighted by molar-refractivity contribution is -0.117. The van der Waals surface area contributed by atoms with E-state index in [9.17, 15) is 4.79 Å². The number of hydrogen-bond acceptors (Lipinski definition) is 4.